The van der Waals surface area contributed by atoms with Gasteiger partial charge >= 0.3 is 5.97 Å². The number of carboxylic acids is 1. The molecule has 3 rings (SSSR count). The van der Waals surface area contributed by atoms with E-state index in [0.717, 1.165) is 0 Å². The van der Waals surface area contributed by atoms with Crippen LogP contribution in [0.1, 0.15) is 13.2 Å². The van der Waals surface area contributed by atoms with Crippen molar-refractivity contribution in [3.8, 4) is 12.1 Å². The lowest BCUT2D eigenvalue weighted by atomic mass is 10.1. The van der Waals surface area contributed by atoms with Crippen molar-refractivity contribution in [1.29, 1.82) is 0 Å². The minimum absolute atomic E-state index is 0.207. The quantitative estimate of drug-likeness (QED) is 0.192. The zero-order valence-corrected chi connectivity index (χ0v) is 15.2. The molecule has 156 valence electrons. The van der Waals surface area contributed by atoms with Gasteiger partial charge in [0.15, 0.2) is 29.3 Å². The predicted octanol–water partition coefficient (Wildman–Crippen LogP) is -2.81. The number of hydrogen-bond acceptors (Lipinski definition) is 11. The van der Waals surface area contributed by atoms with E-state index in [1.165, 1.54) is 24.1 Å². The van der Waals surface area contributed by atoms with Crippen molar-refractivity contribution in [2.24, 2.45) is 0 Å². The Balaban J connectivity index is 1.79. The summed E-state index contributed by atoms with van der Waals surface area (Å²) >= 11 is 0. The first-order valence-electron chi connectivity index (χ1n) is 8.57. The summed E-state index contributed by atoms with van der Waals surface area (Å²) in [7, 11) is 0. The number of rotatable bonds is 6. The molecule has 1 aliphatic heterocycles. The Hall–Kier alpha value is -3.02. The largest absolute Gasteiger partial charge is 0.480 e. The summed E-state index contributed by atoms with van der Waals surface area (Å²) in [5.41, 5.74) is 0.560. The minimum Gasteiger partial charge on any atom is -0.480 e. The molecule has 6 atom stereocenters. The lowest BCUT2D eigenvalue weighted by Gasteiger charge is -2.16. The summed E-state index contributed by atoms with van der Waals surface area (Å²) in [6, 6.07) is 3.58. The average Bonchev–Trinajstić information content (AvgIpc) is 3.23. The number of nitrogens with one attached hydrogen (secondary N) is 2. The van der Waals surface area contributed by atoms with E-state index in [2.05, 4.69) is 37.7 Å². The third-order valence-corrected chi connectivity index (χ3v) is 4.37. The van der Waals surface area contributed by atoms with Crippen molar-refractivity contribution in [2.75, 3.05) is 11.9 Å². The van der Waals surface area contributed by atoms with Crippen LogP contribution in [0.4, 0.5) is 5.82 Å². The first kappa shape index (κ1) is 20.7. The fourth-order valence-electron chi connectivity index (χ4n) is 2.83. The van der Waals surface area contributed by atoms with Crippen LogP contribution in [0.2, 0.25) is 0 Å². The normalized spacial score (nSPS) is 25.8. The smallest absolute Gasteiger partial charge is 0.329 e. The lowest BCUT2D eigenvalue weighted by Crippen LogP contribution is -2.42. The Bertz CT molecular complexity index is 939. The topological polar surface area (TPSA) is 195 Å². The Morgan fingerprint density at radius 3 is 2.69 bits per heavy atom. The van der Waals surface area contributed by atoms with Crippen LogP contribution in [0.5, 0.6) is 0 Å². The molecule has 0 amide bonds. The number of carbonyl (C=O) groups is 1. The maximum atomic E-state index is 11.0. The van der Waals surface area contributed by atoms with Gasteiger partial charge in [-0.25, -0.2) is 19.7 Å². The van der Waals surface area contributed by atoms with Crippen molar-refractivity contribution in [3.63, 3.8) is 0 Å². The number of imidazole rings is 1. The van der Waals surface area contributed by atoms with Gasteiger partial charge in [-0.3, -0.25) is 9.88 Å². The van der Waals surface area contributed by atoms with Gasteiger partial charge in [-0.1, -0.05) is 0 Å². The SMILES string of the molecule is CC(O)C(NC#CNc1ncnc2c1ncn2[C@@H]1O[C@H](CO)[C@H](O)C1O)C(=O)O. The molecule has 0 spiro atoms. The highest BCUT2D eigenvalue weighted by molar-refractivity contribution is 5.83. The number of aliphatic hydroxyl groups is 4. The second-order valence-corrected chi connectivity index (χ2v) is 6.35. The van der Waals surface area contributed by atoms with Gasteiger partial charge in [-0.2, -0.15) is 0 Å². The lowest BCUT2D eigenvalue weighted by molar-refractivity contribution is -0.141. The highest BCUT2D eigenvalue weighted by Gasteiger charge is 2.44. The zero-order valence-electron chi connectivity index (χ0n) is 15.2. The molecule has 3 heterocycles. The van der Waals surface area contributed by atoms with Gasteiger partial charge in [0.05, 0.1) is 19.0 Å². The van der Waals surface area contributed by atoms with E-state index in [-0.39, 0.29) is 17.0 Å². The number of aliphatic carboxylic acids is 1. The first-order valence-corrected chi connectivity index (χ1v) is 8.57. The number of anilines is 1. The number of ether oxygens (including phenoxy) is 1. The van der Waals surface area contributed by atoms with E-state index in [9.17, 15) is 25.2 Å². The fourth-order valence-corrected chi connectivity index (χ4v) is 2.83. The number of fused-ring (bicyclic) bond motifs is 1. The standard InChI is InChI=1S/C16H20N6O7/c1-7(24)9(16(27)28)17-2-3-18-13-10-14(20-5-19-13)22(6-21-10)15-12(26)11(25)8(4-23)29-15/h5-9,11-12,15,17,23-26H,4H2,1H3,(H,27,28)(H,18,19,20)/t7?,8-,9?,11+,12?,15-/m1/s1. The van der Waals surface area contributed by atoms with Crippen LogP contribution in [0.25, 0.3) is 11.2 Å². The molecule has 13 heteroatoms. The number of nitrogens with zero attached hydrogens (tertiary/aromatic N) is 4. The number of aliphatic hydroxyl groups excluding tert-OH is 4. The molecule has 13 nitrogen and oxygen atoms in total. The second-order valence-electron chi connectivity index (χ2n) is 6.35. The Morgan fingerprint density at radius 1 is 1.31 bits per heavy atom. The van der Waals surface area contributed by atoms with Crippen LogP contribution in [0.15, 0.2) is 12.7 Å². The molecule has 29 heavy (non-hydrogen) atoms. The van der Waals surface area contributed by atoms with E-state index >= 15 is 0 Å². The van der Waals surface area contributed by atoms with Crippen LogP contribution >= 0.6 is 0 Å². The molecule has 3 unspecified atom stereocenters. The van der Waals surface area contributed by atoms with Crippen molar-refractivity contribution in [3.05, 3.63) is 12.7 Å². The van der Waals surface area contributed by atoms with Gasteiger partial charge in [-0.15, -0.1) is 0 Å². The van der Waals surface area contributed by atoms with Gasteiger partial charge in [0.2, 0.25) is 0 Å². The van der Waals surface area contributed by atoms with Crippen LogP contribution in [-0.4, -0.2) is 88.1 Å². The summed E-state index contributed by atoms with van der Waals surface area (Å²) in [4.78, 5) is 23.3. The number of hydrogen-bond donors (Lipinski definition) is 7. The van der Waals surface area contributed by atoms with E-state index in [0.29, 0.717) is 0 Å². The van der Waals surface area contributed by atoms with Crippen LogP contribution in [0.3, 0.4) is 0 Å². The molecule has 0 saturated carbocycles. The summed E-state index contributed by atoms with van der Waals surface area (Å²) in [6.07, 6.45) is -3.12. The molecule has 0 aromatic carbocycles. The monoisotopic (exact) mass is 408 g/mol. The molecule has 0 aliphatic carbocycles. The Morgan fingerprint density at radius 2 is 2.07 bits per heavy atom. The van der Waals surface area contributed by atoms with Gasteiger partial charge in [-0.05, 0) is 6.92 Å². The van der Waals surface area contributed by atoms with Gasteiger partial charge in [0, 0.05) is 12.1 Å². The zero-order chi connectivity index (χ0) is 21.1. The van der Waals surface area contributed by atoms with Crippen molar-refractivity contribution < 1.29 is 35.1 Å². The third-order valence-electron chi connectivity index (χ3n) is 4.37. The minimum atomic E-state index is -1.30. The first-order chi connectivity index (χ1) is 13.8. The summed E-state index contributed by atoms with van der Waals surface area (Å²) in [5.74, 6) is -1.05. The fraction of sp³-hybridized carbons (Fsp3) is 0.500. The molecule has 1 aliphatic rings. The molecular formula is C16H20N6O7. The molecule has 7 N–H and O–H groups in total. The molecule has 1 fully saturated rings. The molecule has 0 radical (unpaired) electrons. The Kier molecular flexibility index (Phi) is 6.11. The van der Waals surface area contributed by atoms with E-state index in [1.54, 1.807) is 0 Å². The van der Waals surface area contributed by atoms with Crippen LogP contribution in [-0.2, 0) is 9.53 Å². The van der Waals surface area contributed by atoms with E-state index < -0.39 is 49.3 Å². The van der Waals surface area contributed by atoms with Gasteiger partial charge in [0.1, 0.15) is 24.6 Å². The van der Waals surface area contributed by atoms with Crippen LogP contribution < -0.4 is 10.6 Å². The average molecular weight is 408 g/mol. The summed E-state index contributed by atoms with van der Waals surface area (Å²) in [6.45, 7) is 0.856. The molecule has 2 aromatic heterocycles. The molecule has 1 saturated heterocycles. The van der Waals surface area contributed by atoms with Gasteiger partial charge < -0.3 is 35.6 Å². The Labute approximate surface area is 164 Å². The van der Waals surface area contributed by atoms with Crippen molar-refractivity contribution in [2.45, 2.75) is 43.6 Å². The van der Waals surface area contributed by atoms with E-state index in [4.69, 9.17) is 9.84 Å². The highest BCUT2D eigenvalue weighted by Crippen LogP contribution is 2.31. The number of carboxylic acid groups (broad SMARTS) is 1. The maximum absolute atomic E-state index is 11.0. The van der Waals surface area contributed by atoms with E-state index in [1.807, 2.05) is 0 Å². The second kappa shape index (κ2) is 8.55. The molecule has 2 aromatic rings. The molecule has 0 bridgehead atoms. The maximum Gasteiger partial charge on any atom is 0.329 e. The van der Waals surface area contributed by atoms with Crippen molar-refractivity contribution in [1.82, 2.24) is 24.8 Å². The molecular weight excluding hydrogens is 388 g/mol. The predicted molar refractivity (Wildman–Crippen MR) is 96.0 cm³/mol. The third kappa shape index (κ3) is 4.06. The van der Waals surface area contributed by atoms with Crippen molar-refractivity contribution >= 4 is 23.0 Å². The summed E-state index contributed by atoms with van der Waals surface area (Å²) < 4.78 is 6.87. The number of aromatic nitrogens is 4. The highest BCUT2D eigenvalue weighted by atomic mass is 16.6. The van der Waals surface area contributed by atoms with Gasteiger partial charge in [0.25, 0.3) is 0 Å². The summed E-state index contributed by atoms with van der Waals surface area (Å²) in [5, 5.41) is 52.7. The van der Waals surface area contributed by atoms with Crippen LogP contribution in [0, 0.1) is 12.1 Å².